The third-order valence-electron chi connectivity index (χ3n) is 6.24. The van der Waals surface area contributed by atoms with Crippen molar-refractivity contribution in [3.8, 4) is 0 Å². The normalized spacial score (nSPS) is 18.1. The van der Waals surface area contributed by atoms with Crippen molar-refractivity contribution in [3.63, 3.8) is 0 Å². The number of pyridine rings is 1. The molecule has 3 rings (SSSR count). The first kappa shape index (κ1) is 26.1. The number of aromatic nitrogens is 1. The van der Waals surface area contributed by atoms with Gasteiger partial charge in [-0.15, -0.1) is 0 Å². The molecule has 0 radical (unpaired) electrons. The van der Waals surface area contributed by atoms with Crippen LogP contribution >= 0.6 is 0 Å². The van der Waals surface area contributed by atoms with Crippen molar-refractivity contribution >= 4 is 17.5 Å². The minimum absolute atomic E-state index is 0.0702. The summed E-state index contributed by atoms with van der Waals surface area (Å²) in [5, 5.41) is 0. The van der Waals surface area contributed by atoms with E-state index in [9.17, 15) is 9.59 Å². The van der Waals surface area contributed by atoms with Gasteiger partial charge in [0.05, 0.1) is 6.04 Å². The molecule has 7 nitrogen and oxygen atoms in total. The van der Waals surface area contributed by atoms with Crippen LogP contribution < -0.4 is 10.6 Å². The first-order chi connectivity index (χ1) is 15.5. The molecule has 32 heavy (non-hydrogen) atoms. The van der Waals surface area contributed by atoms with Gasteiger partial charge in [-0.3, -0.25) is 14.6 Å². The molecule has 2 aliphatic heterocycles. The van der Waals surface area contributed by atoms with Crippen LogP contribution in [-0.4, -0.2) is 71.9 Å². The van der Waals surface area contributed by atoms with Crippen LogP contribution in [0.4, 0.5) is 5.69 Å². The largest absolute Gasteiger partial charge is 0.368 e. The van der Waals surface area contributed by atoms with Crippen molar-refractivity contribution in [3.05, 3.63) is 24.5 Å². The number of amides is 2. The van der Waals surface area contributed by atoms with Crippen LogP contribution in [0.1, 0.15) is 65.7 Å². The predicted octanol–water partition coefficient (Wildman–Crippen LogP) is 3.29. The van der Waals surface area contributed by atoms with Crippen molar-refractivity contribution < 1.29 is 9.59 Å². The lowest BCUT2D eigenvalue weighted by atomic mass is 9.89. The molecule has 1 atom stereocenters. The summed E-state index contributed by atoms with van der Waals surface area (Å²) in [5.74, 6) is 0.779. The van der Waals surface area contributed by atoms with Gasteiger partial charge in [-0.25, -0.2) is 0 Å². The van der Waals surface area contributed by atoms with E-state index in [0.29, 0.717) is 25.4 Å². The molecule has 0 bridgehead atoms. The van der Waals surface area contributed by atoms with E-state index in [0.717, 1.165) is 64.0 Å². The Bertz CT molecular complexity index is 668. The standard InChI is InChI=1S/C22H35N5O2.C3H8/c1-2-3-4-21(28)26-11-7-18(8-12-26)17-20(23)22(29)27-15-13-25(14-16-27)19-5-9-24-10-6-19;1-3-2/h5-6,9-10,18,20H,2-4,7-8,11-17,23H2,1H3;3H2,1-2H3. The van der Waals surface area contributed by atoms with E-state index in [-0.39, 0.29) is 11.8 Å². The quantitative estimate of drug-likeness (QED) is 0.696. The molecule has 2 N–H and O–H groups in total. The smallest absolute Gasteiger partial charge is 0.239 e. The molecule has 0 aliphatic carbocycles. The number of piperidine rings is 1. The highest BCUT2D eigenvalue weighted by atomic mass is 16.2. The lowest BCUT2D eigenvalue weighted by molar-refractivity contribution is -0.135. The minimum Gasteiger partial charge on any atom is -0.368 e. The number of nitrogens with two attached hydrogens (primary N) is 1. The number of carbonyl (C=O) groups is 2. The van der Waals surface area contributed by atoms with Crippen LogP contribution in [0.25, 0.3) is 0 Å². The van der Waals surface area contributed by atoms with E-state index >= 15 is 0 Å². The number of nitrogens with zero attached hydrogens (tertiary/aromatic N) is 4. The zero-order valence-electron chi connectivity index (χ0n) is 20.3. The fourth-order valence-electron chi connectivity index (χ4n) is 4.34. The van der Waals surface area contributed by atoms with Gasteiger partial charge in [0, 0.05) is 63.8 Å². The molecule has 0 aromatic carbocycles. The van der Waals surface area contributed by atoms with Gasteiger partial charge in [0.2, 0.25) is 11.8 Å². The summed E-state index contributed by atoms with van der Waals surface area (Å²) < 4.78 is 0. The second-order valence-corrected chi connectivity index (χ2v) is 8.99. The molecule has 7 heteroatoms. The molecular formula is C25H43N5O2. The zero-order valence-corrected chi connectivity index (χ0v) is 20.3. The molecule has 2 fully saturated rings. The van der Waals surface area contributed by atoms with E-state index < -0.39 is 6.04 Å². The van der Waals surface area contributed by atoms with Gasteiger partial charge >= 0.3 is 0 Å². The summed E-state index contributed by atoms with van der Waals surface area (Å²) in [7, 11) is 0. The minimum atomic E-state index is -0.435. The SMILES string of the molecule is CCC.CCCCC(=O)N1CCC(CC(N)C(=O)N2CCN(c3ccncc3)CC2)CC1. The Balaban J connectivity index is 0.00000114. The van der Waals surface area contributed by atoms with Gasteiger partial charge in [0.1, 0.15) is 0 Å². The van der Waals surface area contributed by atoms with Crippen molar-refractivity contribution in [2.24, 2.45) is 11.7 Å². The van der Waals surface area contributed by atoms with Crippen LogP contribution in [-0.2, 0) is 9.59 Å². The second-order valence-electron chi connectivity index (χ2n) is 8.99. The van der Waals surface area contributed by atoms with Crippen LogP contribution in [0.15, 0.2) is 24.5 Å². The number of unbranched alkanes of at least 4 members (excludes halogenated alkanes) is 1. The molecule has 0 saturated carbocycles. The Kier molecular flexibility index (Phi) is 11.5. The molecule has 0 spiro atoms. The molecular weight excluding hydrogens is 402 g/mol. The van der Waals surface area contributed by atoms with E-state index in [1.54, 1.807) is 12.4 Å². The second kappa shape index (κ2) is 14.1. The maximum Gasteiger partial charge on any atom is 0.239 e. The van der Waals surface area contributed by atoms with E-state index in [2.05, 4.69) is 30.7 Å². The lowest BCUT2D eigenvalue weighted by Gasteiger charge is -2.38. The molecule has 1 aromatic heterocycles. The van der Waals surface area contributed by atoms with Crippen molar-refractivity contribution in [2.45, 2.75) is 71.8 Å². The number of likely N-dealkylation sites (tertiary alicyclic amines) is 1. The zero-order chi connectivity index (χ0) is 23.3. The highest BCUT2D eigenvalue weighted by Crippen LogP contribution is 2.23. The fraction of sp³-hybridized carbons (Fsp3) is 0.720. The van der Waals surface area contributed by atoms with Gasteiger partial charge in [0.25, 0.3) is 0 Å². The maximum absolute atomic E-state index is 12.8. The molecule has 180 valence electrons. The van der Waals surface area contributed by atoms with Crippen LogP contribution in [0.2, 0.25) is 0 Å². The average molecular weight is 446 g/mol. The van der Waals surface area contributed by atoms with Crippen LogP contribution in [0.3, 0.4) is 0 Å². The van der Waals surface area contributed by atoms with Crippen LogP contribution in [0.5, 0.6) is 0 Å². The van der Waals surface area contributed by atoms with Gasteiger partial charge in [-0.05, 0) is 43.7 Å². The van der Waals surface area contributed by atoms with Gasteiger partial charge in [-0.2, -0.15) is 0 Å². The number of piperazine rings is 1. The molecule has 1 unspecified atom stereocenters. The van der Waals surface area contributed by atoms with Crippen molar-refractivity contribution in [1.29, 1.82) is 0 Å². The molecule has 2 amide bonds. The Morgan fingerprint density at radius 2 is 1.59 bits per heavy atom. The van der Waals surface area contributed by atoms with E-state index in [1.807, 2.05) is 21.9 Å². The van der Waals surface area contributed by atoms with Gasteiger partial charge < -0.3 is 20.4 Å². The summed E-state index contributed by atoms with van der Waals surface area (Å²) in [4.78, 5) is 35.2. The summed E-state index contributed by atoms with van der Waals surface area (Å²) >= 11 is 0. The Hall–Kier alpha value is -2.15. The Morgan fingerprint density at radius 1 is 1.00 bits per heavy atom. The summed E-state index contributed by atoms with van der Waals surface area (Å²) in [6.07, 6.45) is 10.1. The van der Waals surface area contributed by atoms with Gasteiger partial charge in [0.15, 0.2) is 0 Å². The van der Waals surface area contributed by atoms with Crippen LogP contribution in [0, 0.1) is 5.92 Å². The molecule has 3 heterocycles. The number of anilines is 1. The first-order valence-corrected chi connectivity index (χ1v) is 12.5. The monoisotopic (exact) mass is 445 g/mol. The summed E-state index contributed by atoms with van der Waals surface area (Å²) in [6.45, 7) is 11.0. The first-order valence-electron chi connectivity index (χ1n) is 12.5. The summed E-state index contributed by atoms with van der Waals surface area (Å²) in [5.41, 5.74) is 7.44. The van der Waals surface area contributed by atoms with E-state index in [1.165, 1.54) is 6.42 Å². The number of hydrogen-bond donors (Lipinski definition) is 1. The van der Waals surface area contributed by atoms with E-state index in [4.69, 9.17) is 5.73 Å². The average Bonchev–Trinajstić information content (AvgIpc) is 2.83. The topological polar surface area (TPSA) is 82.8 Å². The molecule has 2 saturated heterocycles. The predicted molar refractivity (Wildman–Crippen MR) is 130 cm³/mol. The Labute approximate surface area is 194 Å². The molecule has 2 aliphatic rings. The Morgan fingerprint density at radius 3 is 2.16 bits per heavy atom. The maximum atomic E-state index is 12.8. The highest BCUT2D eigenvalue weighted by molar-refractivity contribution is 5.82. The number of carbonyl (C=O) groups excluding carboxylic acids is 2. The third-order valence-corrected chi connectivity index (χ3v) is 6.24. The van der Waals surface area contributed by atoms with Crippen molar-refractivity contribution in [1.82, 2.24) is 14.8 Å². The summed E-state index contributed by atoms with van der Waals surface area (Å²) in [6, 6.07) is 3.57. The number of rotatable bonds is 7. The number of hydrogen-bond acceptors (Lipinski definition) is 5. The molecule has 1 aromatic rings. The van der Waals surface area contributed by atoms with Crippen molar-refractivity contribution in [2.75, 3.05) is 44.2 Å². The highest BCUT2D eigenvalue weighted by Gasteiger charge is 2.29. The lowest BCUT2D eigenvalue weighted by Crippen LogP contribution is -2.53. The van der Waals surface area contributed by atoms with Gasteiger partial charge in [-0.1, -0.05) is 33.6 Å². The fourth-order valence-corrected chi connectivity index (χ4v) is 4.34. The third kappa shape index (κ3) is 8.08.